The first-order valence-electron chi connectivity index (χ1n) is 12.8. The maximum atomic E-state index is 13.0. The smallest absolute Gasteiger partial charge is 0.247 e. The van der Waals surface area contributed by atoms with Gasteiger partial charge in [0.05, 0.1) is 29.8 Å². The number of pyridine rings is 1. The van der Waals surface area contributed by atoms with E-state index in [4.69, 9.17) is 12.2 Å². The van der Waals surface area contributed by atoms with Gasteiger partial charge < -0.3 is 37.4 Å². The lowest BCUT2D eigenvalue weighted by molar-refractivity contribution is -0.132. The number of carbonyl (C=O) groups excluding carboxylic acids is 3. The molecule has 13 heteroatoms. The normalized spacial score (nSPS) is 18.4. The van der Waals surface area contributed by atoms with Gasteiger partial charge in [0.1, 0.15) is 16.7 Å². The van der Waals surface area contributed by atoms with Crippen LogP contribution in [-0.4, -0.2) is 76.8 Å². The number of carbonyl (C=O) groups is 3. The number of hydrogen-bond donors (Lipinski definition) is 4. The van der Waals surface area contributed by atoms with Gasteiger partial charge in [-0.1, -0.05) is 44.3 Å². The number of para-hydroxylation sites is 2. The summed E-state index contributed by atoms with van der Waals surface area (Å²) in [6, 6.07) is 11.2. The van der Waals surface area contributed by atoms with Gasteiger partial charge in [-0.15, -0.1) is 0 Å². The Balaban J connectivity index is -0.00000112. The maximum Gasteiger partial charge on any atom is 0.247 e. The van der Waals surface area contributed by atoms with E-state index in [1.807, 2.05) is 62.5 Å². The van der Waals surface area contributed by atoms with Crippen LogP contribution in [0.2, 0.25) is 0 Å². The van der Waals surface area contributed by atoms with Crippen molar-refractivity contribution in [3.05, 3.63) is 64.0 Å². The predicted molar refractivity (Wildman–Crippen MR) is 159 cm³/mol. The van der Waals surface area contributed by atoms with E-state index < -0.39 is 18.1 Å². The average Bonchev–Trinajstić information content (AvgIpc) is 2.88. The first-order valence-corrected chi connectivity index (χ1v) is 13.2. The van der Waals surface area contributed by atoms with Crippen LogP contribution < -0.4 is 26.7 Å². The van der Waals surface area contributed by atoms with Gasteiger partial charge in [-0.3, -0.25) is 24.4 Å². The number of amides is 2. The van der Waals surface area contributed by atoms with Gasteiger partial charge in [-0.25, -0.2) is 0 Å². The fourth-order valence-electron chi connectivity index (χ4n) is 4.11. The molecule has 40 heavy (non-hydrogen) atoms. The molecule has 2 amide bonds. The second kappa shape index (κ2) is 18.8. The molecule has 0 bridgehead atoms. The minimum atomic E-state index is -0.712. The number of rotatable bonds is 6. The number of benzene rings is 1. The fourth-order valence-corrected chi connectivity index (χ4v) is 4.26. The van der Waals surface area contributed by atoms with Crippen LogP contribution in [0.1, 0.15) is 42.4 Å². The second-order valence-electron chi connectivity index (χ2n) is 9.59. The summed E-state index contributed by atoms with van der Waals surface area (Å²) >= 11 is 4.76. The first kappa shape index (κ1) is 36.6. The zero-order valence-electron chi connectivity index (χ0n) is 22.9. The number of Topliss-reactive ketones (excluding diaryl/α,β-unsaturated/α-hetero) is 1. The summed E-state index contributed by atoms with van der Waals surface area (Å²) in [5, 5.41) is 10.3. The molecule has 0 aliphatic carbocycles. The van der Waals surface area contributed by atoms with Gasteiger partial charge >= 0.3 is 0 Å². The summed E-state index contributed by atoms with van der Waals surface area (Å²) in [7, 11) is 0. The monoisotopic (exact) mass is 582 g/mol. The highest BCUT2D eigenvalue weighted by Crippen LogP contribution is 2.09. The molecule has 2 aliphatic heterocycles. The van der Waals surface area contributed by atoms with Crippen molar-refractivity contribution in [1.29, 1.82) is 0 Å². The zero-order chi connectivity index (χ0) is 26.6. The third-order valence-electron chi connectivity index (χ3n) is 6.04. The van der Waals surface area contributed by atoms with Crippen LogP contribution in [0.25, 0.3) is 0 Å². The number of aromatic amines is 1. The molecule has 1 fully saturated rings. The first-order chi connectivity index (χ1) is 17.8. The molecule has 10 N–H and O–H groups in total. The van der Waals surface area contributed by atoms with Crippen molar-refractivity contribution in [3.63, 3.8) is 0 Å². The Labute approximate surface area is 241 Å². The third kappa shape index (κ3) is 11.8. The Bertz CT molecular complexity index is 1250. The molecule has 2 aromatic rings. The van der Waals surface area contributed by atoms with E-state index in [2.05, 4.69) is 30.9 Å². The van der Waals surface area contributed by atoms with Gasteiger partial charge in [-0.2, -0.15) is 0 Å². The highest BCUT2D eigenvalue weighted by Gasteiger charge is 2.29. The Hall–Kier alpha value is -3.36. The minimum absolute atomic E-state index is 0. The van der Waals surface area contributed by atoms with Gasteiger partial charge in [0.15, 0.2) is 5.78 Å². The van der Waals surface area contributed by atoms with E-state index in [-0.39, 0.29) is 55.9 Å². The van der Waals surface area contributed by atoms with Crippen molar-refractivity contribution in [2.45, 2.75) is 57.7 Å². The average molecular weight is 583 g/mol. The molecule has 4 rings (SSSR count). The molecular formula is C27H46N6O6S. The Kier molecular flexibility index (Phi) is 17.3. The molecule has 12 nitrogen and oxygen atoms in total. The van der Waals surface area contributed by atoms with Crippen molar-refractivity contribution >= 4 is 29.8 Å². The molecular weight excluding hydrogens is 536 g/mol. The van der Waals surface area contributed by atoms with E-state index >= 15 is 0 Å². The highest BCUT2D eigenvalue weighted by molar-refractivity contribution is 7.71. The summed E-state index contributed by atoms with van der Waals surface area (Å²) in [5.41, 5.74) is 0. The predicted octanol–water partition coefficient (Wildman–Crippen LogP) is -0.572. The molecule has 1 saturated heterocycles. The summed E-state index contributed by atoms with van der Waals surface area (Å²) in [5.74, 6) is -0.455. The van der Waals surface area contributed by atoms with E-state index in [9.17, 15) is 14.4 Å². The van der Waals surface area contributed by atoms with E-state index in [1.165, 1.54) is 0 Å². The van der Waals surface area contributed by atoms with Crippen molar-refractivity contribution in [3.8, 4) is 0 Å². The van der Waals surface area contributed by atoms with Crippen LogP contribution in [0, 0.1) is 10.6 Å². The minimum Gasteiger partial charge on any atom is -0.412 e. The SMILES string of the molecule is CC(C)C[C@H](NC(=O)C1CN=c2ccccc2=N1)C(=O)NC1CCCCNCC1=O.O.O.O.S=c1cccc[nH]1.[HH].[HH]. The van der Waals surface area contributed by atoms with Crippen molar-refractivity contribution < 1.29 is 33.7 Å². The fraction of sp³-hybridized carbons (Fsp3) is 0.481. The highest BCUT2D eigenvalue weighted by atomic mass is 32.1. The van der Waals surface area contributed by atoms with Crippen LogP contribution in [0.4, 0.5) is 0 Å². The molecule has 3 atom stereocenters. The van der Waals surface area contributed by atoms with Gasteiger partial charge in [-0.05, 0) is 62.4 Å². The number of aromatic nitrogens is 1. The molecule has 1 aromatic heterocycles. The quantitative estimate of drug-likeness (QED) is 0.327. The molecule has 0 spiro atoms. The Morgan fingerprint density at radius 3 is 2.40 bits per heavy atom. The van der Waals surface area contributed by atoms with Crippen LogP contribution in [0.3, 0.4) is 0 Å². The number of hydrogen-bond acceptors (Lipinski definition) is 7. The lowest BCUT2D eigenvalue weighted by atomic mass is 9.99. The van der Waals surface area contributed by atoms with Crippen LogP contribution >= 0.6 is 12.2 Å². The van der Waals surface area contributed by atoms with Crippen LogP contribution in [0.5, 0.6) is 0 Å². The molecule has 1 aromatic carbocycles. The van der Waals surface area contributed by atoms with E-state index in [0.29, 0.717) is 18.2 Å². The number of H-pyrrole nitrogens is 1. The summed E-state index contributed by atoms with van der Waals surface area (Å²) in [6.45, 7) is 5.32. The number of fused-ring (bicyclic) bond motifs is 1. The molecule has 226 valence electrons. The van der Waals surface area contributed by atoms with E-state index in [1.54, 1.807) is 0 Å². The Morgan fingerprint density at radius 1 is 1.07 bits per heavy atom. The van der Waals surface area contributed by atoms with Crippen LogP contribution in [0.15, 0.2) is 58.6 Å². The van der Waals surface area contributed by atoms with Crippen molar-refractivity contribution in [1.82, 2.24) is 20.9 Å². The largest absolute Gasteiger partial charge is 0.412 e. The van der Waals surface area contributed by atoms with Gasteiger partial charge in [0.25, 0.3) is 0 Å². The number of ketones is 1. The summed E-state index contributed by atoms with van der Waals surface area (Å²) < 4.78 is 0.780. The lowest BCUT2D eigenvalue weighted by Crippen LogP contribution is -2.55. The maximum absolute atomic E-state index is 13.0. The summed E-state index contributed by atoms with van der Waals surface area (Å²) in [6.07, 6.45) is 4.76. The van der Waals surface area contributed by atoms with Crippen molar-refractivity contribution in [2.24, 2.45) is 15.9 Å². The zero-order valence-corrected chi connectivity index (χ0v) is 23.7. The van der Waals surface area contributed by atoms with Crippen molar-refractivity contribution in [2.75, 3.05) is 19.6 Å². The van der Waals surface area contributed by atoms with Crippen LogP contribution in [-0.2, 0) is 14.4 Å². The molecule has 2 unspecified atom stereocenters. The molecule has 0 saturated carbocycles. The lowest BCUT2D eigenvalue weighted by Gasteiger charge is -2.26. The summed E-state index contributed by atoms with van der Waals surface area (Å²) in [4.78, 5) is 49.9. The standard InChI is InChI=1S/C22H31N5O3.C5H5NS.3H2O.2H2/c1-14(2)11-18(21(29)26-17-9-5-6-10-23-13-20(17)28)27-22(30)19-12-24-15-7-3-4-8-16(15)25-19;7-5-3-1-2-4-6-5;;;;;/h3-4,7-8,14,17-19,23H,5-6,9-13H2,1-2H3,(H,26,29)(H,27,30);1-4H,(H,6,7);3*1H2;2*1H/t17?,18-,19?;;;;;;/m0....../s1. The number of nitrogens with one attached hydrogen (secondary N) is 4. The second-order valence-corrected chi connectivity index (χ2v) is 10.0. The molecule has 2 aliphatic rings. The van der Waals surface area contributed by atoms with E-state index in [0.717, 1.165) is 29.4 Å². The van der Waals surface area contributed by atoms with Gasteiger partial charge in [0, 0.05) is 9.05 Å². The Morgan fingerprint density at radius 2 is 1.77 bits per heavy atom. The molecule has 3 heterocycles. The molecule has 0 radical (unpaired) electrons. The topological polar surface area (TPSA) is 222 Å². The third-order valence-corrected chi connectivity index (χ3v) is 6.29. The number of nitrogens with zero attached hydrogens (tertiary/aromatic N) is 2. The van der Waals surface area contributed by atoms with Gasteiger partial charge in [0.2, 0.25) is 11.8 Å².